The first-order chi connectivity index (χ1) is 16.5. The number of hydrogen-bond donors (Lipinski definition) is 3. The minimum absolute atomic E-state index is 0.0211. The molecule has 6 nitrogen and oxygen atoms in total. The van der Waals surface area contributed by atoms with Crippen molar-refractivity contribution in [3.05, 3.63) is 94.0 Å². The van der Waals surface area contributed by atoms with E-state index in [1.807, 2.05) is 19.1 Å². The maximum absolute atomic E-state index is 12.9. The molecule has 0 aliphatic rings. The summed E-state index contributed by atoms with van der Waals surface area (Å²) in [5.74, 6) is -0.00849. The molecule has 0 fully saturated rings. The van der Waals surface area contributed by atoms with E-state index < -0.39 is 22.7 Å². The second-order valence-electron chi connectivity index (χ2n) is 9.02. The molecule has 1 heterocycles. The van der Waals surface area contributed by atoms with E-state index in [0.717, 1.165) is 18.2 Å². The standard InChI is InChI=1S/C29H35NO5/c1-6-19(2)16-21(4)17-20(3)10-8-7-9-11-22(5)27(32)26-28(33)25(18-30(35)29(26)34)23-12-14-24(31)15-13-23/h7-15,17-19,21,31,33,35H,6,16H2,1-5H3/b9-7+,10-8+,20-17+,22-11+/t19-,21-/m1/s1. The average Bonchev–Trinajstić information content (AvgIpc) is 2.81. The number of aromatic nitrogens is 1. The van der Waals surface area contributed by atoms with Crippen molar-refractivity contribution in [1.82, 2.24) is 4.73 Å². The molecule has 0 saturated heterocycles. The highest BCUT2D eigenvalue weighted by Gasteiger charge is 2.23. The minimum Gasteiger partial charge on any atom is -0.508 e. The summed E-state index contributed by atoms with van der Waals surface area (Å²) in [6.45, 7) is 10.3. The topological polar surface area (TPSA) is 99.8 Å². The molecule has 0 radical (unpaired) electrons. The monoisotopic (exact) mass is 477 g/mol. The van der Waals surface area contributed by atoms with Crippen LogP contribution in [0, 0.1) is 11.8 Å². The van der Waals surface area contributed by atoms with Crippen molar-refractivity contribution in [2.75, 3.05) is 0 Å². The van der Waals surface area contributed by atoms with Gasteiger partial charge in [0, 0.05) is 5.56 Å². The third-order valence-electron chi connectivity index (χ3n) is 5.87. The number of allylic oxidation sites excluding steroid dienone is 8. The van der Waals surface area contributed by atoms with Crippen molar-refractivity contribution in [2.24, 2.45) is 11.8 Å². The Labute approximate surface area is 206 Å². The van der Waals surface area contributed by atoms with E-state index in [9.17, 15) is 25.0 Å². The lowest BCUT2D eigenvalue weighted by Crippen LogP contribution is -2.25. The van der Waals surface area contributed by atoms with Crippen LogP contribution in [0.1, 0.15) is 57.8 Å². The van der Waals surface area contributed by atoms with Crippen LogP contribution in [0.4, 0.5) is 0 Å². The first-order valence-electron chi connectivity index (χ1n) is 11.8. The molecule has 1 aromatic heterocycles. The molecule has 0 unspecified atom stereocenters. The van der Waals surface area contributed by atoms with Gasteiger partial charge in [-0.05, 0) is 55.4 Å². The number of nitrogens with zero attached hydrogens (tertiary/aromatic N) is 1. The lowest BCUT2D eigenvalue weighted by molar-refractivity contribution is 0.102. The van der Waals surface area contributed by atoms with Gasteiger partial charge in [0.25, 0.3) is 5.56 Å². The van der Waals surface area contributed by atoms with Crippen molar-refractivity contribution < 1.29 is 20.2 Å². The summed E-state index contributed by atoms with van der Waals surface area (Å²) < 4.78 is 0.276. The van der Waals surface area contributed by atoms with E-state index in [1.54, 1.807) is 18.2 Å². The van der Waals surface area contributed by atoms with Gasteiger partial charge in [-0.25, -0.2) is 0 Å². The third-order valence-corrected chi connectivity index (χ3v) is 5.87. The van der Waals surface area contributed by atoms with Gasteiger partial charge >= 0.3 is 0 Å². The average molecular weight is 478 g/mol. The van der Waals surface area contributed by atoms with Crippen LogP contribution in [-0.2, 0) is 0 Å². The Morgan fingerprint density at radius 2 is 1.71 bits per heavy atom. The first kappa shape index (κ1) is 27.4. The van der Waals surface area contributed by atoms with Gasteiger partial charge in [-0.15, -0.1) is 0 Å². The molecule has 0 aliphatic heterocycles. The van der Waals surface area contributed by atoms with Gasteiger partial charge in [0.1, 0.15) is 17.1 Å². The zero-order valence-electron chi connectivity index (χ0n) is 21.0. The first-order valence-corrected chi connectivity index (χ1v) is 11.8. The van der Waals surface area contributed by atoms with E-state index in [2.05, 4.69) is 26.8 Å². The van der Waals surface area contributed by atoms with Crippen molar-refractivity contribution >= 4 is 5.78 Å². The number of carbonyl (C=O) groups excluding carboxylic acids is 1. The summed E-state index contributed by atoms with van der Waals surface area (Å²) in [6, 6.07) is 5.80. The Morgan fingerprint density at radius 3 is 2.34 bits per heavy atom. The molecule has 186 valence electrons. The van der Waals surface area contributed by atoms with Gasteiger partial charge in [-0.1, -0.05) is 81.4 Å². The second kappa shape index (κ2) is 12.6. The van der Waals surface area contributed by atoms with Gasteiger partial charge in [-0.3, -0.25) is 9.59 Å². The molecule has 0 saturated carbocycles. The molecule has 6 heteroatoms. The quantitative estimate of drug-likeness (QED) is 0.159. The molecular weight excluding hydrogens is 442 g/mol. The van der Waals surface area contributed by atoms with Crippen LogP contribution in [-0.4, -0.2) is 25.9 Å². The maximum atomic E-state index is 12.9. The van der Waals surface area contributed by atoms with Crippen LogP contribution in [0.5, 0.6) is 11.5 Å². The Morgan fingerprint density at radius 1 is 1.06 bits per heavy atom. The second-order valence-corrected chi connectivity index (χ2v) is 9.02. The normalized spacial score (nSPS) is 14.5. The van der Waals surface area contributed by atoms with Gasteiger partial charge in [0.15, 0.2) is 5.78 Å². The Kier molecular flexibility index (Phi) is 9.88. The zero-order chi connectivity index (χ0) is 26.1. The predicted octanol–water partition coefficient (Wildman–Crippen LogP) is 6.42. The number of carbonyl (C=O) groups is 1. The molecule has 2 atom stereocenters. The van der Waals surface area contributed by atoms with Crippen LogP contribution in [0.3, 0.4) is 0 Å². The molecule has 1 aromatic carbocycles. The Hall–Kier alpha value is -3.80. The van der Waals surface area contributed by atoms with Crippen molar-refractivity contribution in [1.29, 1.82) is 0 Å². The molecule has 0 aliphatic carbocycles. The van der Waals surface area contributed by atoms with Crippen LogP contribution < -0.4 is 5.56 Å². The Balaban J connectivity index is 2.21. The fourth-order valence-electron chi connectivity index (χ4n) is 3.77. The van der Waals surface area contributed by atoms with Gasteiger partial charge in [0.2, 0.25) is 0 Å². The number of phenolic OH excluding ortho intramolecular Hbond substituents is 1. The number of ketones is 1. The number of aromatic hydroxyl groups is 2. The summed E-state index contributed by atoms with van der Waals surface area (Å²) >= 11 is 0. The van der Waals surface area contributed by atoms with Crippen LogP contribution in [0.25, 0.3) is 11.1 Å². The third kappa shape index (κ3) is 7.60. The fraction of sp³-hybridized carbons (Fsp3) is 0.310. The molecule has 2 aromatic rings. The number of Topliss-reactive ketones (excluding diaryl/α,β-unsaturated/α-hetero) is 1. The molecule has 3 N–H and O–H groups in total. The number of rotatable bonds is 10. The predicted molar refractivity (Wildman–Crippen MR) is 140 cm³/mol. The van der Waals surface area contributed by atoms with Crippen molar-refractivity contribution in [3.63, 3.8) is 0 Å². The van der Waals surface area contributed by atoms with E-state index >= 15 is 0 Å². The lowest BCUT2D eigenvalue weighted by Gasteiger charge is -2.12. The summed E-state index contributed by atoms with van der Waals surface area (Å²) in [5.41, 5.74) is 0.349. The number of hydrogen-bond acceptors (Lipinski definition) is 5. The lowest BCUT2D eigenvalue weighted by atomic mass is 9.94. The molecule has 0 bridgehead atoms. The molecule has 35 heavy (non-hydrogen) atoms. The maximum Gasteiger partial charge on any atom is 0.297 e. The number of benzene rings is 1. The van der Waals surface area contributed by atoms with Gasteiger partial charge < -0.3 is 15.4 Å². The number of pyridine rings is 1. The summed E-state index contributed by atoms with van der Waals surface area (Å²) in [6.07, 6.45) is 14.5. The zero-order valence-corrected chi connectivity index (χ0v) is 21.0. The molecule has 0 amide bonds. The summed E-state index contributed by atoms with van der Waals surface area (Å²) in [4.78, 5) is 25.4. The summed E-state index contributed by atoms with van der Waals surface area (Å²) in [5, 5.41) is 30.2. The largest absolute Gasteiger partial charge is 0.508 e. The number of phenols is 1. The van der Waals surface area contributed by atoms with Crippen molar-refractivity contribution in [3.8, 4) is 22.6 Å². The fourth-order valence-corrected chi connectivity index (χ4v) is 3.77. The molecule has 2 rings (SSSR count). The highest BCUT2D eigenvalue weighted by molar-refractivity contribution is 6.11. The van der Waals surface area contributed by atoms with E-state index in [-0.39, 0.29) is 21.6 Å². The SMILES string of the molecule is CC[C@@H](C)C[C@@H](C)/C=C(C)/C=C/C=C/C=C(\C)C(=O)c1c(O)c(-c2ccc(O)cc2)cn(O)c1=O. The van der Waals surface area contributed by atoms with Crippen molar-refractivity contribution in [2.45, 2.75) is 47.5 Å². The van der Waals surface area contributed by atoms with Gasteiger partial charge in [-0.2, -0.15) is 4.73 Å². The molecule has 0 spiro atoms. The van der Waals surface area contributed by atoms with Crippen LogP contribution in [0.2, 0.25) is 0 Å². The van der Waals surface area contributed by atoms with Gasteiger partial charge in [0.05, 0.1) is 6.20 Å². The Bertz CT molecular complexity index is 1210. The summed E-state index contributed by atoms with van der Waals surface area (Å²) in [7, 11) is 0. The van der Waals surface area contributed by atoms with Crippen LogP contribution in [0.15, 0.2) is 82.9 Å². The smallest absolute Gasteiger partial charge is 0.297 e. The molecular formula is C29H35NO5. The highest BCUT2D eigenvalue weighted by atomic mass is 16.5. The highest BCUT2D eigenvalue weighted by Crippen LogP contribution is 2.32. The van der Waals surface area contributed by atoms with E-state index in [1.165, 1.54) is 37.6 Å². The van der Waals surface area contributed by atoms with Crippen LogP contribution >= 0.6 is 0 Å². The van der Waals surface area contributed by atoms with E-state index in [4.69, 9.17) is 0 Å². The minimum atomic E-state index is -1.01. The van der Waals surface area contributed by atoms with E-state index in [0.29, 0.717) is 17.4 Å².